The van der Waals surface area contributed by atoms with E-state index in [2.05, 4.69) is 115 Å². The van der Waals surface area contributed by atoms with Crippen LogP contribution in [0.2, 0.25) is 0 Å². The summed E-state index contributed by atoms with van der Waals surface area (Å²) in [5, 5.41) is 0. The summed E-state index contributed by atoms with van der Waals surface area (Å²) in [4.78, 5) is 3.08. The maximum atomic E-state index is 2.34. The average molecular weight is 611 g/mol. The molecule has 3 heteroatoms. The van der Waals surface area contributed by atoms with Crippen molar-refractivity contribution in [2.24, 2.45) is 0 Å². The zero-order valence-corrected chi connectivity index (χ0v) is 24.9. The van der Waals surface area contributed by atoms with E-state index in [4.69, 9.17) is 0 Å². The van der Waals surface area contributed by atoms with Crippen molar-refractivity contribution >= 4 is 48.2 Å². The van der Waals surface area contributed by atoms with Gasteiger partial charge < -0.3 is 0 Å². The van der Waals surface area contributed by atoms with Crippen LogP contribution in [-0.2, 0) is 0 Å². The second-order valence-electron chi connectivity index (χ2n) is 8.75. The van der Waals surface area contributed by atoms with Gasteiger partial charge >= 0.3 is 198 Å². The summed E-state index contributed by atoms with van der Waals surface area (Å²) in [5.41, 5.74) is 6.07. The molecule has 0 radical (unpaired) electrons. The Morgan fingerprint density at radius 3 is 1.00 bits per heavy atom. The fraction of sp³-hybridized carbons (Fsp3) is 0.520. The van der Waals surface area contributed by atoms with Gasteiger partial charge in [0.05, 0.1) is 0 Å². The number of hydrogen-bond donors (Lipinski definition) is 0. The van der Waals surface area contributed by atoms with Gasteiger partial charge in [-0.05, 0) is 0 Å². The summed E-state index contributed by atoms with van der Waals surface area (Å²) < 4.78 is 0.634. The van der Waals surface area contributed by atoms with E-state index in [1.165, 1.54) is 22.3 Å². The van der Waals surface area contributed by atoms with Crippen LogP contribution >= 0.6 is 23.5 Å². The van der Waals surface area contributed by atoms with E-state index in [1.807, 2.05) is 0 Å². The summed E-state index contributed by atoms with van der Waals surface area (Å²) >= 11 is 5.17. The SMILES string of the molecule is CC(C)c1cccc(C(C)C)c1S[CH]([BiH2])Sc1c(C(C)C)cccc1C(C)C. The molecule has 0 aliphatic heterocycles. The summed E-state index contributed by atoms with van der Waals surface area (Å²) in [7, 11) is 0. The number of hydrogen-bond acceptors (Lipinski definition) is 2. The molecule has 0 saturated carbocycles. The van der Waals surface area contributed by atoms with Crippen molar-refractivity contribution in [3.63, 3.8) is 0 Å². The van der Waals surface area contributed by atoms with Gasteiger partial charge in [0.2, 0.25) is 0 Å². The van der Waals surface area contributed by atoms with Crippen LogP contribution in [0, 0.1) is 0 Å². The third-order valence-electron chi connectivity index (χ3n) is 5.11. The third kappa shape index (κ3) is 6.02. The first-order chi connectivity index (χ1) is 13.1. The summed E-state index contributed by atoms with van der Waals surface area (Å²) in [5.74, 6) is 2.27. The Labute approximate surface area is 196 Å². The monoisotopic (exact) mass is 610 g/mol. The molecule has 0 fully saturated rings. The molecule has 2 aromatic rings. The van der Waals surface area contributed by atoms with E-state index in [0.29, 0.717) is 26.0 Å². The molecule has 28 heavy (non-hydrogen) atoms. The van der Waals surface area contributed by atoms with Gasteiger partial charge in [0.1, 0.15) is 0 Å². The predicted octanol–water partition coefficient (Wildman–Crippen LogP) is 7.98. The standard InChI is InChI=1S/C25H35S2.Bi.2H/c1-16(2)20-11-9-12-21(17(3)4)24(20)26-15-27-25-22(18(5)6)13-10-14-23(25)19(7)8;;;/h9-19H,1-8H3;;;. The van der Waals surface area contributed by atoms with E-state index < -0.39 is 0 Å². The molecule has 154 valence electrons. The van der Waals surface area contributed by atoms with Crippen LogP contribution in [0.3, 0.4) is 0 Å². The quantitative estimate of drug-likeness (QED) is 0.169. The number of benzene rings is 2. The van der Waals surface area contributed by atoms with Crippen molar-refractivity contribution in [3.8, 4) is 0 Å². The zero-order valence-electron chi connectivity index (χ0n) is 18.7. The summed E-state index contributed by atoms with van der Waals surface area (Å²) in [6.07, 6.45) is 0. The van der Waals surface area contributed by atoms with Crippen molar-refractivity contribution in [2.75, 3.05) is 0 Å². The minimum atomic E-state index is 0.567. The average Bonchev–Trinajstić information content (AvgIpc) is 2.61. The second kappa shape index (κ2) is 10.9. The fourth-order valence-electron chi connectivity index (χ4n) is 3.49. The van der Waals surface area contributed by atoms with E-state index in [-0.39, 0.29) is 0 Å². The van der Waals surface area contributed by atoms with Crippen LogP contribution in [0.4, 0.5) is 0 Å². The van der Waals surface area contributed by atoms with Crippen molar-refractivity contribution in [2.45, 2.75) is 91.1 Å². The van der Waals surface area contributed by atoms with E-state index in [9.17, 15) is 0 Å². The molecule has 0 aliphatic carbocycles. The van der Waals surface area contributed by atoms with Crippen LogP contribution in [-0.4, -0.2) is 27.0 Å². The zero-order chi connectivity index (χ0) is 21.0. The molecule has 2 aromatic carbocycles. The van der Waals surface area contributed by atoms with Gasteiger partial charge in [0.25, 0.3) is 0 Å². The number of thioether (sulfide) groups is 2. The molecule has 0 aliphatic rings. The topological polar surface area (TPSA) is 0 Å². The van der Waals surface area contributed by atoms with Gasteiger partial charge in [0, 0.05) is 0 Å². The van der Waals surface area contributed by atoms with Crippen LogP contribution in [0.15, 0.2) is 46.2 Å². The molecule has 0 atom stereocenters. The molecule has 2 rings (SSSR count). The minimum absolute atomic E-state index is 0.567. The molecule has 0 heterocycles. The Morgan fingerprint density at radius 1 is 0.536 bits per heavy atom. The first kappa shape index (κ1) is 24.3. The van der Waals surface area contributed by atoms with Gasteiger partial charge in [-0.25, -0.2) is 0 Å². The maximum absolute atomic E-state index is 2.34. The Morgan fingerprint density at radius 2 is 0.786 bits per heavy atom. The van der Waals surface area contributed by atoms with Crippen LogP contribution in [0.25, 0.3) is 0 Å². The summed E-state index contributed by atoms with van der Waals surface area (Å²) in [6.45, 7) is 18.6. The molecule has 0 N–H and O–H groups in total. The normalized spacial score (nSPS) is 12.2. The van der Waals surface area contributed by atoms with Crippen molar-refractivity contribution in [1.29, 1.82) is 0 Å². The Balaban J connectivity index is 2.40. The van der Waals surface area contributed by atoms with Gasteiger partial charge in [0.15, 0.2) is 0 Å². The molecule has 0 nitrogen and oxygen atoms in total. The summed E-state index contributed by atoms with van der Waals surface area (Å²) in [6, 6.07) is 13.8. The van der Waals surface area contributed by atoms with Gasteiger partial charge in [-0.2, -0.15) is 0 Å². The van der Waals surface area contributed by atoms with E-state index in [1.54, 1.807) is 9.79 Å². The fourth-order valence-corrected chi connectivity index (χ4v) is 9.66. The van der Waals surface area contributed by atoms with Crippen LogP contribution < -0.4 is 0 Å². The molecule has 0 amide bonds. The number of rotatable bonds is 8. The van der Waals surface area contributed by atoms with Gasteiger partial charge in [-0.3, -0.25) is 0 Å². The molecule has 0 spiro atoms. The molecule has 0 saturated heterocycles. The molecule has 0 bridgehead atoms. The van der Waals surface area contributed by atoms with Crippen molar-refractivity contribution in [1.82, 2.24) is 0 Å². The van der Waals surface area contributed by atoms with E-state index in [0.717, 1.165) is 24.7 Å². The van der Waals surface area contributed by atoms with Gasteiger partial charge in [-0.15, -0.1) is 0 Å². The second-order valence-corrected chi connectivity index (χ2v) is 17.7. The molecule has 0 unspecified atom stereocenters. The Kier molecular flexibility index (Phi) is 9.43. The first-order valence-electron chi connectivity index (χ1n) is 10.5. The van der Waals surface area contributed by atoms with Crippen LogP contribution in [0.5, 0.6) is 0 Å². The van der Waals surface area contributed by atoms with Crippen molar-refractivity contribution < 1.29 is 0 Å². The Hall–Kier alpha value is 0.0231. The molecular formula is C25H37BiS2. The Bertz CT molecular complexity index is 660. The molecule has 0 aromatic heterocycles. The van der Waals surface area contributed by atoms with E-state index >= 15 is 0 Å². The predicted molar refractivity (Wildman–Crippen MR) is 133 cm³/mol. The van der Waals surface area contributed by atoms with Crippen molar-refractivity contribution in [3.05, 3.63) is 58.7 Å². The molecular weight excluding hydrogens is 573 g/mol. The first-order valence-corrected chi connectivity index (χ1v) is 14.8. The third-order valence-corrected chi connectivity index (χ3v) is 10.7. The van der Waals surface area contributed by atoms with Gasteiger partial charge in [-0.1, -0.05) is 0 Å². The van der Waals surface area contributed by atoms with Crippen LogP contribution in [0.1, 0.15) is 101 Å².